The van der Waals surface area contributed by atoms with Crippen LogP contribution in [0.2, 0.25) is 0 Å². The first kappa shape index (κ1) is 14.6. The molecule has 0 aliphatic rings. The molecule has 0 radical (unpaired) electrons. The molecule has 0 heterocycles. The van der Waals surface area contributed by atoms with E-state index in [4.69, 9.17) is 0 Å². The van der Waals surface area contributed by atoms with Gasteiger partial charge in [-0.3, -0.25) is 4.72 Å². The van der Waals surface area contributed by atoms with Crippen molar-refractivity contribution in [2.75, 3.05) is 4.72 Å². The Balaban J connectivity index is 2.22. The van der Waals surface area contributed by atoms with E-state index >= 15 is 0 Å². The highest BCUT2D eigenvalue weighted by Crippen LogP contribution is 2.19. The summed E-state index contributed by atoms with van der Waals surface area (Å²) in [7, 11) is -3.40. The maximum Gasteiger partial charge on any atom is 0.236 e. The van der Waals surface area contributed by atoms with E-state index in [2.05, 4.69) is 4.72 Å². The topological polar surface area (TPSA) is 46.2 Å². The summed E-state index contributed by atoms with van der Waals surface area (Å²) in [6.07, 6.45) is 0. The summed E-state index contributed by atoms with van der Waals surface area (Å²) >= 11 is 0. The van der Waals surface area contributed by atoms with Crippen LogP contribution in [0.5, 0.6) is 0 Å². The molecule has 0 aliphatic carbocycles. The van der Waals surface area contributed by atoms with Gasteiger partial charge in [0.25, 0.3) is 0 Å². The summed E-state index contributed by atoms with van der Waals surface area (Å²) < 4.78 is 27.2. The molecule has 0 aromatic heterocycles. The van der Waals surface area contributed by atoms with Gasteiger partial charge in [0, 0.05) is 0 Å². The maximum atomic E-state index is 12.2. The number of hydrogen-bond acceptors (Lipinski definition) is 2. The van der Waals surface area contributed by atoms with Gasteiger partial charge in [0.05, 0.1) is 11.4 Å². The quantitative estimate of drug-likeness (QED) is 0.935. The zero-order valence-electron chi connectivity index (χ0n) is 12.0. The fourth-order valence-corrected chi connectivity index (χ4v) is 3.48. The molecule has 2 rings (SSSR count). The average molecular weight is 289 g/mol. The van der Waals surface area contributed by atoms with E-state index in [1.54, 1.807) is 6.07 Å². The van der Waals surface area contributed by atoms with Gasteiger partial charge < -0.3 is 0 Å². The lowest BCUT2D eigenvalue weighted by atomic mass is 10.1. The fourth-order valence-electron chi connectivity index (χ4n) is 2.11. The van der Waals surface area contributed by atoms with E-state index in [0.29, 0.717) is 5.69 Å². The largest absolute Gasteiger partial charge is 0.283 e. The maximum absolute atomic E-state index is 12.2. The Bertz CT molecular complexity index is 721. The Morgan fingerprint density at radius 2 is 1.65 bits per heavy atom. The van der Waals surface area contributed by atoms with Crippen molar-refractivity contribution in [2.24, 2.45) is 0 Å². The molecular formula is C16H19NO2S. The first-order valence-electron chi connectivity index (χ1n) is 6.50. The van der Waals surface area contributed by atoms with Crippen molar-refractivity contribution in [2.45, 2.75) is 26.5 Å². The first-order valence-corrected chi connectivity index (χ1v) is 8.15. The smallest absolute Gasteiger partial charge is 0.236 e. The van der Waals surface area contributed by atoms with E-state index in [1.807, 2.05) is 57.2 Å². The fraction of sp³-hybridized carbons (Fsp3) is 0.250. The second-order valence-corrected chi connectivity index (χ2v) is 6.83. The SMILES string of the molecule is Cc1ccc(NS(=O)(=O)Cc2ccccc2C)c(C)c1. The molecule has 0 fully saturated rings. The van der Waals surface area contributed by atoms with Crippen LogP contribution >= 0.6 is 0 Å². The van der Waals surface area contributed by atoms with Gasteiger partial charge in [-0.15, -0.1) is 0 Å². The van der Waals surface area contributed by atoms with Gasteiger partial charge in [0.1, 0.15) is 0 Å². The standard InChI is InChI=1S/C16H19NO2S/c1-12-8-9-16(14(3)10-12)17-20(18,19)11-15-7-5-4-6-13(15)2/h4-10,17H,11H2,1-3H3. The predicted molar refractivity (Wildman–Crippen MR) is 83.3 cm³/mol. The minimum Gasteiger partial charge on any atom is -0.283 e. The molecule has 0 spiro atoms. The minimum absolute atomic E-state index is 0.00695. The van der Waals surface area contributed by atoms with E-state index < -0.39 is 10.0 Å². The highest BCUT2D eigenvalue weighted by molar-refractivity contribution is 7.91. The Morgan fingerprint density at radius 3 is 2.30 bits per heavy atom. The van der Waals surface area contributed by atoms with Gasteiger partial charge >= 0.3 is 0 Å². The molecule has 0 saturated heterocycles. The summed E-state index contributed by atoms with van der Waals surface area (Å²) in [6.45, 7) is 5.80. The molecule has 3 nitrogen and oxygen atoms in total. The van der Waals surface area contributed by atoms with E-state index in [1.165, 1.54) is 0 Å². The van der Waals surface area contributed by atoms with Crippen LogP contribution in [-0.4, -0.2) is 8.42 Å². The molecule has 0 saturated carbocycles. The van der Waals surface area contributed by atoms with Crippen molar-refractivity contribution >= 4 is 15.7 Å². The lowest BCUT2D eigenvalue weighted by Gasteiger charge is -2.12. The van der Waals surface area contributed by atoms with Gasteiger partial charge in [-0.25, -0.2) is 8.42 Å². The van der Waals surface area contributed by atoms with Crippen molar-refractivity contribution in [3.05, 3.63) is 64.7 Å². The molecule has 0 aliphatic heterocycles. The highest BCUT2D eigenvalue weighted by Gasteiger charge is 2.14. The van der Waals surface area contributed by atoms with E-state index in [0.717, 1.165) is 22.3 Å². The van der Waals surface area contributed by atoms with Crippen LogP contribution in [0.15, 0.2) is 42.5 Å². The zero-order chi connectivity index (χ0) is 14.8. The van der Waals surface area contributed by atoms with Gasteiger partial charge in [0.2, 0.25) is 10.0 Å². The second-order valence-electron chi connectivity index (χ2n) is 5.11. The molecule has 106 valence electrons. The molecule has 2 aromatic rings. The van der Waals surface area contributed by atoms with Gasteiger partial charge in [-0.05, 0) is 43.5 Å². The number of anilines is 1. The van der Waals surface area contributed by atoms with Gasteiger partial charge in [-0.1, -0.05) is 42.0 Å². The van der Waals surface area contributed by atoms with Crippen molar-refractivity contribution in [1.82, 2.24) is 0 Å². The molecule has 2 aromatic carbocycles. The number of aryl methyl sites for hydroxylation is 3. The first-order chi connectivity index (χ1) is 9.37. The average Bonchev–Trinajstić information content (AvgIpc) is 2.35. The van der Waals surface area contributed by atoms with E-state index in [-0.39, 0.29) is 5.75 Å². The Kier molecular flexibility index (Phi) is 4.14. The van der Waals surface area contributed by atoms with Crippen LogP contribution < -0.4 is 4.72 Å². The third-order valence-electron chi connectivity index (χ3n) is 3.25. The number of nitrogens with one attached hydrogen (secondary N) is 1. The predicted octanol–water partition coefficient (Wildman–Crippen LogP) is 3.55. The Hall–Kier alpha value is -1.81. The summed E-state index contributed by atoms with van der Waals surface area (Å²) in [5, 5.41) is 0. The summed E-state index contributed by atoms with van der Waals surface area (Å²) in [6, 6.07) is 13.2. The van der Waals surface area contributed by atoms with Crippen molar-refractivity contribution < 1.29 is 8.42 Å². The molecule has 0 atom stereocenters. The molecule has 0 amide bonds. The lowest BCUT2D eigenvalue weighted by molar-refractivity contribution is 0.600. The van der Waals surface area contributed by atoms with Crippen LogP contribution in [0.25, 0.3) is 0 Å². The molecular weight excluding hydrogens is 270 g/mol. The molecule has 1 N–H and O–H groups in total. The normalized spacial score (nSPS) is 11.3. The van der Waals surface area contributed by atoms with Crippen molar-refractivity contribution in [3.63, 3.8) is 0 Å². The number of sulfonamides is 1. The zero-order valence-corrected chi connectivity index (χ0v) is 12.8. The molecule has 20 heavy (non-hydrogen) atoms. The molecule has 0 bridgehead atoms. The van der Waals surface area contributed by atoms with Crippen LogP contribution in [0.3, 0.4) is 0 Å². The number of hydrogen-bond donors (Lipinski definition) is 1. The third-order valence-corrected chi connectivity index (χ3v) is 4.48. The number of benzene rings is 2. The van der Waals surface area contributed by atoms with E-state index in [9.17, 15) is 8.42 Å². The van der Waals surface area contributed by atoms with Crippen LogP contribution in [0.1, 0.15) is 22.3 Å². The Labute approximate surface area is 120 Å². The van der Waals surface area contributed by atoms with Gasteiger partial charge in [0.15, 0.2) is 0 Å². The van der Waals surface area contributed by atoms with Crippen molar-refractivity contribution in [1.29, 1.82) is 0 Å². The van der Waals surface area contributed by atoms with Crippen LogP contribution in [0, 0.1) is 20.8 Å². The lowest BCUT2D eigenvalue weighted by Crippen LogP contribution is -2.16. The van der Waals surface area contributed by atoms with Crippen LogP contribution in [0.4, 0.5) is 5.69 Å². The molecule has 4 heteroatoms. The number of rotatable bonds is 4. The minimum atomic E-state index is -3.40. The second kappa shape index (κ2) is 5.67. The highest BCUT2D eigenvalue weighted by atomic mass is 32.2. The summed E-state index contributed by atoms with van der Waals surface area (Å²) in [4.78, 5) is 0. The molecule has 0 unspecified atom stereocenters. The summed E-state index contributed by atoms with van der Waals surface area (Å²) in [5.41, 5.74) is 4.50. The third kappa shape index (κ3) is 3.61. The Morgan fingerprint density at radius 1 is 0.950 bits per heavy atom. The van der Waals surface area contributed by atoms with Gasteiger partial charge in [-0.2, -0.15) is 0 Å². The van der Waals surface area contributed by atoms with Crippen molar-refractivity contribution in [3.8, 4) is 0 Å². The van der Waals surface area contributed by atoms with Crippen LogP contribution in [-0.2, 0) is 15.8 Å². The monoisotopic (exact) mass is 289 g/mol. The summed E-state index contributed by atoms with van der Waals surface area (Å²) in [5.74, 6) is -0.00695.